The molecule has 0 aromatic heterocycles. The molecule has 1 aromatic carbocycles. The van der Waals surface area contributed by atoms with E-state index in [1.165, 1.54) is 0 Å². The van der Waals surface area contributed by atoms with Gasteiger partial charge in [0.05, 0.1) is 24.1 Å². The van der Waals surface area contributed by atoms with Gasteiger partial charge in [-0.3, -0.25) is 19.7 Å². The zero-order valence-electron chi connectivity index (χ0n) is 19.5. The molecule has 0 spiro atoms. The second kappa shape index (κ2) is 12.9. The Morgan fingerprint density at radius 1 is 1.27 bits per heavy atom. The molecule has 1 saturated heterocycles. The van der Waals surface area contributed by atoms with Crippen molar-refractivity contribution in [2.24, 2.45) is 11.8 Å². The minimum absolute atomic E-state index is 0.0879. The molecule has 2 N–H and O–H groups in total. The lowest BCUT2D eigenvalue weighted by Gasteiger charge is -2.36. The largest absolute Gasteiger partial charge is 0.492 e. The van der Waals surface area contributed by atoms with E-state index in [4.69, 9.17) is 21.7 Å². The molecule has 0 aliphatic carbocycles. The van der Waals surface area contributed by atoms with Crippen LogP contribution in [0.3, 0.4) is 0 Å². The van der Waals surface area contributed by atoms with Crippen molar-refractivity contribution in [2.45, 2.75) is 46.6 Å². The smallest absolute Gasteiger partial charge is 0.308 e. The summed E-state index contributed by atoms with van der Waals surface area (Å²) in [6.45, 7) is 9.71. The number of nitrogens with zero attached hydrogens (tertiary/aromatic N) is 1. The Kier molecular flexibility index (Phi) is 10.6. The summed E-state index contributed by atoms with van der Waals surface area (Å²) in [5.74, 6) is 0.153. The van der Waals surface area contributed by atoms with Gasteiger partial charge in [-0.05, 0) is 64.6 Å². The number of carbonyl (C=O) groups is 3. The summed E-state index contributed by atoms with van der Waals surface area (Å²) in [6, 6.07) is 4.20. The van der Waals surface area contributed by atoms with E-state index >= 15 is 0 Å². The molecule has 1 unspecified atom stereocenters. The Morgan fingerprint density at radius 2 is 2.00 bits per heavy atom. The van der Waals surface area contributed by atoms with Crippen LogP contribution in [0.2, 0.25) is 0 Å². The molecule has 1 fully saturated rings. The molecular formula is C23H32BrN3O5S. The number of ether oxygens (including phenoxy) is 2. The number of rotatable bonds is 9. The maximum Gasteiger partial charge on any atom is 0.308 e. The molecule has 0 saturated carbocycles. The summed E-state index contributed by atoms with van der Waals surface area (Å²) < 4.78 is 11.6. The van der Waals surface area contributed by atoms with E-state index in [9.17, 15) is 14.4 Å². The van der Waals surface area contributed by atoms with Gasteiger partial charge in [0, 0.05) is 18.7 Å². The lowest BCUT2D eigenvalue weighted by Crippen LogP contribution is -2.60. The summed E-state index contributed by atoms with van der Waals surface area (Å²) in [5, 5.41) is 5.49. The van der Waals surface area contributed by atoms with Crippen LogP contribution in [0.15, 0.2) is 22.7 Å². The third kappa shape index (κ3) is 8.58. The van der Waals surface area contributed by atoms with E-state index in [2.05, 4.69) is 40.4 Å². The van der Waals surface area contributed by atoms with Gasteiger partial charge >= 0.3 is 5.97 Å². The molecule has 10 heteroatoms. The number of halogens is 1. The Balaban J connectivity index is 2.01. The molecule has 2 rings (SSSR count). The van der Waals surface area contributed by atoms with Crippen molar-refractivity contribution in [3.8, 4) is 5.75 Å². The van der Waals surface area contributed by atoms with Crippen LogP contribution in [0.5, 0.6) is 5.75 Å². The Hall–Kier alpha value is -2.20. The van der Waals surface area contributed by atoms with Crippen LogP contribution in [-0.4, -0.2) is 60.1 Å². The number of thiocarbonyl (C=S) groups is 1. The van der Waals surface area contributed by atoms with Crippen molar-refractivity contribution in [1.82, 2.24) is 15.5 Å². The first-order valence-corrected chi connectivity index (χ1v) is 12.3. The van der Waals surface area contributed by atoms with Crippen LogP contribution in [0.1, 0.15) is 50.9 Å². The molecule has 1 aromatic rings. The Bertz CT molecular complexity index is 878. The second-order valence-corrected chi connectivity index (χ2v) is 9.96. The van der Waals surface area contributed by atoms with Crippen molar-refractivity contribution in [3.05, 3.63) is 28.2 Å². The van der Waals surface area contributed by atoms with Crippen LogP contribution in [0, 0.1) is 11.8 Å². The zero-order chi connectivity index (χ0) is 24.5. The van der Waals surface area contributed by atoms with Gasteiger partial charge in [0.1, 0.15) is 11.8 Å². The average Bonchev–Trinajstić information content (AvgIpc) is 2.74. The minimum Gasteiger partial charge on any atom is -0.492 e. The number of hydrogen-bond donors (Lipinski definition) is 2. The maximum absolute atomic E-state index is 12.8. The predicted molar refractivity (Wildman–Crippen MR) is 133 cm³/mol. The zero-order valence-corrected chi connectivity index (χ0v) is 21.9. The fourth-order valence-corrected chi connectivity index (χ4v) is 3.85. The van der Waals surface area contributed by atoms with Crippen molar-refractivity contribution in [1.29, 1.82) is 0 Å². The summed E-state index contributed by atoms with van der Waals surface area (Å²) >= 11 is 8.85. The number of piperazine rings is 1. The Labute approximate surface area is 208 Å². The fourth-order valence-electron chi connectivity index (χ4n) is 3.04. The van der Waals surface area contributed by atoms with Crippen molar-refractivity contribution in [3.63, 3.8) is 0 Å². The highest BCUT2D eigenvalue weighted by molar-refractivity contribution is 9.10. The summed E-state index contributed by atoms with van der Waals surface area (Å²) in [5.41, 5.74) is 0.384. The average molecular weight is 542 g/mol. The highest BCUT2D eigenvalue weighted by Gasteiger charge is 2.34. The molecule has 1 aliphatic heterocycles. The molecule has 0 bridgehead atoms. The van der Waals surface area contributed by atoms with E-state index in [1.54, 1.807) is 23.1 Å². The van der Waals surface area contributed by atoms with Gasteiger partial charge in [-0.15, -0.1) is 0 Å². The van der Waals surface area contributed by atoms with E-state index in [0.717, 1.165) is 6.42 Å². The number of hydrogen-bond acceptors (Lipinski definition) is 6. The van der Waals surface area contributed by atoms with Gasteiger partial charge in [-0.25, -0.2) is 0 Å². The number of amides is 2. The number of benzene rings is 1. The third-order valence-electron chi connectivity index (χ3n) is 4.90. The van der Waals surface area contributed by atoms with Gasteiger partial charge in [0.2, 0.25) is 5.91 Å². The van der Waals surface area contributed by atoms with Crippen LogP contribution >= 0.6 is 28.1 Å². The highest BCUT2D eigenvalue weighted by atomic mass is 79.9. The molecule has 1 aliphatic rings. The van der Waals surface area contributed by atoms with Gasteiger partial charge in [-0.2, -0.15) is 0 Å². The van der Waals surface area contributed by atoms with Crippen molar-refractivity contribution >= 4 is 51.0 Å². The van der Waals surface area contributed by atoms with Crippen LogP contribution in [0.25, 0.3) is 0 Å². The Morgan fingerprint density at radius 3 is 2.64 bits per heavy atom. The summed E-state index contributed by atoms with van der Waals surface area (Å²) in [7, 11) is 0. The number of nitrogens with one attached hydrogen (secondary N) is 2. The van der Waals surface area contributed by atoms with Gasteiger partial charge in [0.15, 0.2) is 5.11 Å². The van der Waals surface area contributed by atoms with E-state index in [0.29, 0.717) is 41.4 Å². The lowest BCUT2D eigenvalue weighted by molar-refractivity contribution is -0.148. The fraction of sp³-hybridized carbons (Fsp3) is 0.565. The molecule has 1 atom stereocenters. The normalized spacial score (nSPS) is 15.9. The minimum atomic E-state index is -0.838. The topological polar surface area (TPSA) is 97.0 Å². The molecular weight excluding hydrogens is 510 g/mol. The van der Waals surface area contributed by atoms with Crippen LogP contribution < -0.4 is 15.4 Å². The highest BCUT2D eigenvalue weighted by Crippen LogP contribution is 2.26. The monoisotopic (exact) mass is 541 g/mol. The number of esters is 1. The number of carbonyl (C=O) groups excluding carboxylic acids is 3. The van der Waals surface area contributed by atoms with E-state index in [-0.39, 0.29) is 30.0 Å². The van der Waals surface area contributed by atoms with Crippen LogP contribution in [0.4, 0.5) is 0 Å². The summed E-state index contributed by atoms with van der Waals surface area (Å²) in [6.07, 6.45) is 0.779. The summed E-state index contributed by atoms with van der Waals surface area (Å²) in [4.78, 5) is 38.9. The first-order valence-electron chi connectivity index (χ1n) is 11.1. The first kappa shape index (κ1) is 27.0. The molecule has 1 heterocycles. The van der Waals surface area contributed by atoms with Crippen LogP contribution in [-0.2, 0) is 14.3 Å². The SMILES string of the molecule is CC(C)CCOc1ccc(C(=O)NC(=S)N2CCNC(=O)C2CC(=O)OCC(C)C)cc1Br. The first-order chi connectivity index (χ1) is 15.6. The molecule has 8 nitrogen and oxygen atoms in total. The molecule has 2 amide bonds. The maximum atomic E-state index is 12.8. The van der Waals surface area contributed by atoms with Crippen molar-refractivity contribution in [2.75, 3.05) is 26.3 Å². The molecule has 33 heavy (non-hydrogen) atoms. The second-order valence-electron chi connectivity index (χ2n) is 8.72. The lowest BCUT2D eigenvalue weighted by atomic mass is 10.1. The molecule has 0 radical (unpaired) electrons. The van der Waals surface area contributed by atoms with Gasteiger partial charge < -0.3 is 19.7 Å². The van der Waals surface area contributed by atoms with Gasteiger partial charge in [0.25, 0.3) is 5.91 Å². The predicted octanol–water partition coefficient (Wildman–Crippen LogP) is 3.28. The third-order valence-corrected chi connectivity index (χ3v) is 5.85. The van der Waals surface area contributed by atoms with E-state index < -0.39 is 17.9 Å². The quantitative estimate of drug-likeness (QED) is 0.365. The van der Waals surface area contributed by atoms with Crippen molar-refractivity contribution < 1.29 is 23.9 Å². The standard InChI is InChI=1S/C23H32BrN3O5S/c1-14(2)7-10-31-19-6-5-16(11-17(19)24)21(29)26-23(33)27-9-8-25-22(30)18(27)12-20(28)32-13-15(3)4/h5-6,11,14-15,18H,7-10,12-13H2,1-4H3,(H,25,30)(H,26,29,33). The van der Waals surface area contributed by atoms with Gasteiger partial charge in [-0.1, -0.05) is 27.7 Å². The van der Waals surface area contributed by atoms with E-state index in [1.807, 2.05) is 13.8 Å². The molecule has 182 valence electrons.